The maximum Gasteiger partial charge on any atom is 0.253 e. The number of nitrogens with one attached hydrogen (secondary N) is 1. The van der Waals surface area contributed by atoms with Crippen molar-refractivity contribution in [3.8, 4) is 0 Å². The van der Waals surface area contributed by atoms with Gasteiger partial charge in [0.25, 0.3) is 5.56 Å². The molecule has 194 valence electrons. The highest BCUT2D eigenvalue weighted by Gasteiger charge is 2.33. The molecule has 1 fully saturated rings. The third kappa shape index (κ3) is 5.03. The van der Waals surface area contributed by atoms with Gasteiger partial charge in [0, 0.05) is 43.8 Å². The Balaban J connectivity index is 1.35. The zero-order valence-corrected chi connectivity index (χ0v) is 21.5. The van der Waals surface area contributed by atoms with Gasteiger partial charge in [-0.25, -0.2) is 4.68 Å². The Morgan fingerprint density at radius 3 is 2.55 bits per heavy atom. The van der Waals surface area contributed by atoms with Gasteiger partial charge < -0.3 is 9.40 Å². The second kappa shape index (κ2) is 10.7. The van der Waals surface area contributed by atoms with E-state index in [-0.39, 0.29) is 5.56 Å². The molecule has 4 heterocycles. The molecule has 1 aliphatic heterocycles. The summed E-state index contributed by atoms with van der Waals surface area (Å²) in [4.78, 5) is 21.4. The SMILES string of the molecule is CCc1ccc2[nH]c(=O)c(C(c3nnnn3Cc3ccco3)N3CCN(Cc4ccccc4)CC3)cc2c1. The van der Waals surface area contributed by atoms with Crippen LogP contribution in [0.25, 0.3) is 10.9 Å². The number of rotatable bonds is 8. The first-order valence-electron chi connectivity index (χ1n) is 13.1. The van der Waals surface area contributed by atoms with Crippen LogP contribution in [0.15, 0.2) is 82.2 Å². The lowest BCUT2D eigenvalue weighted by atomic mass is 10.0. The Kier molecular flexibility index (Phi) is 6.85. The number of tetrazole rings is 1. The number of aromatic nitrogens is 5. The van der Waals surface area contributed by atoms with Gasteiger partial charge in [-0.3, -0.25) is 14.6 Å². The van der Waals surface area contributed by atoms with Crippen LogP contribution in [0.2, 0.25) is 0 Å². The van der Waals surface area contributed by atoms with Crippen molar-refractivity contribution in [3.05, 3.63) is 112 Å². The van der Waals surface area contributed by atoms with E-state index in [9.17, 15) is 4.79 Å². The fourth-order valence-electron chi connectivity index (χ4n) is 5.29. The van der Waals surface area contributed by atoms with Crippen molar-refractivity contribution in [1.82, 2.24) is 35.0 Å². The number of aryl methyl sites for hydroxylation is 1. The molecule has 2 aromatic carbocycles. The number of benzene rings is 2. The van der Waals surface area contributed by atoms with E-state index in [0.29, 0.717) is 17.9 Å². The summed E-state index contributed by atoms with van der Waals surface area (Å²) in [5, 5.41) is 13.7. The summed E-state index contributed by atoms with van der Waals surface area (Å²) >= 11 is 0. The molecule has 1 unspecified atom stereocenters. The first-order valence-corrected chi connectivity index (χ1v) is 13.1. The minimum Gasteiger partial charge on any atom is -0.467 e. The molecule has 38 heavy (non-hydrogen) atoms. The topological polar surface area (TPSA) is 96.1 Å². The molecule has 6 rings (SSSR count). The molecule has 1 N–H and O–H groups in total. The maximum absolute atomic E-state index is 13.5. The predicted molar refractivity (Wildman–Crippen MR) is 145 cm³/mol. The van der Waals surface area contributed by atoms with Crippen molar-refractivity contribution in [2.75, 3.05) is 26.2 Å². The number of pyridine rings is 1. The average Bonchev–Trinajstić information content (AvgIpc) is 3.63. The van der Waals surface area contributed by atoms with Gasteiger partial charge >= 0.3 is 0 Å². The number of piperazine rings is 1. The van der Waals surface area contributed by atoms with Gasteiger partial charge in [0.1, 0.15) is 18.3 Å². The van der Waals surface area contributed by atoms with Crippen LogP contribution in [0.4, 0.5) is 0 Å². The zero-order chi connectivity index (χ0) is 25.9. The van der Waals surface area contributed by atoms with Gasteiger partial charge in [0.15, 0.2) is 5.82 Å². The molecule has 1 saturated heterocycles. The smallest absolute Gasteiger partial charge is 0.253 e. The van der Waals surface area contributed by atoms with E-state index < -0.39 is 6.04 Å². The number of aromatic amines is 1. The van der Waals surface area contributed by atoms with Crippen molar-refractivity contribution in [2.45, 2.75) is 32.5 Å². The molecule has 5 aromatic rings. The highest BCUT2D eigenvalue weighted by atomic mass is 16.3. The molecule has 3 aromatic heterocycles. The number of nitrogens with zero attached hydrogens (tertiary/aromatic N) is 6. The molecule has 1 aliphatic rings. The lowest BCUT2D eigenvalue weighted by Crippen LogP contribution is -2.48. The number of furan rings is 1. The quantitative estimate of drug-likeness (QED) is 0.341. The van der Waals surface area contributed by atoms with Gasteiger partial charge in [-0.1, -0.05) is 43.3 Å². The summed E-state index contributed by atoms with van der Waals surface area (Å²) in [6.45, 7) is 6.79. The van der Waals surface area contributed by atoms with Crippen molar-refractivity contribution >= 4 is 10.9 Å². The third-order valence-corrected chi connectivity index (χ3v) is 7.35. The molecule has 9 nitrogen and oxygen atoms in total. The van der Waals surface area contributed by atoms with Crippen LogP contribution in [-0.2, 0) is 19.5 Å². The maximum atomic E-state index is 13.5. The van der Waals surface area contributed by atoms with E-state index >= 15 is 0 Å². The first kappa shape index (κ1) is 24.3. The summed E-state index contributed by atoms with van der Waals surface area (Å²) in [5.74, 6) is 1.39. The van der Waals surface area contributed by atoms with Crippen molar-refractivity contribution in [1.29, 1.82) is 0 Å². The standard InChI is InChI=1S/C29H31N7O2/c1-2-21-10-11-26-23(17-21)18-25(29(37)30-26)27(28-31-32-33-36(28)20-24-9-6-16-38-24)35-14-12-34(13-15-35)19-22-7-4-3-5-8-22/h3-11,16-18,27H,2,12-15,19-20H2,1H3,(H,30,37). The van der Waals surface area contributed by atoms with E-state index in [1.807, 2.05) is 30.3 Å². The van der Waals surface area contributed by atoms with Crippen LogP contribution in [0, 0.1) is 0 Å². The Bertz CT molecular complexity index is 1550. The molecule has 0 radical (unpaired) electrons. The zero-order valence-electron chi connectivity index (χ0n) is 21.5. The minimum atomic E-state index is -0.391. The molecule has 0 aliphatic carbocycles. The number of fused-ring (bicyclic) bond motifs is 1. The second-order valence-electron chi connectivity index (χ2n) is 9.80. The lowest BCUT2D eigenvalue weighted by Gasteiger charge is -2.38. The second-order valence-corrected chi connectivity index (χ2v) is 9.80. The van der Waals surface area contributed by atoms with Gasteiger partial charge in [0.2, 0.25) is 0 Å². The van der Waals surface area contributed by atoms with Gasteiger partial charge in [-0.2, -0.15) is 0 Å². The minimum absolute atomic E-state index is 0.119. The van der Waals surface area contributed by atoms with E-state index in [2.05, 4.69) is 73.6 Å². The largest absolute Gasteiger partial charge is 0.467 e. The third-order valence-electron chi connectivity index (χ3n) is 7.35. The number of H-pyrrole nitrogens is 1. The van der Waals surface area contributed by atoms with Crippen molar-refractivity contribution in [2.24, 2.45) is 0 Å². The van der Waals surface area contributed by atoms with Crippen LogP contribution in [0.3, 0.4) is 0 Å². The van der Waals surface area contributed by atoms with Gasteiger partial charge in [0.05, 0.1) is 6.26 Å². The van der Waals surface area contributed by atoms with Crippen LogP contribution < -0.4 is 5.56 Å². The summed E-state index contributed by atoms with van der Waals surface area (Å²) in [7, 11) is 0. The van der Waals surface area contributed by atoms with E-state index in [1.165, 1.54) is 11.1 Å². The van der Waals surface area contributed by atoms with Crippen molar-refractivity contribution < 1.29 is 4.42 Å². The van der Waals surface area contributed by atoms with Crippen molar-refractivity contribution in [3.63, 3.8) is 0 Å². The predicted octanol–water partition coefficient (Wildman–Crippen LogP) is 3.63. The van der Waals surface area contributed by atoms with E-state index in [4.69, 9.17) is 4.42 Å². The molecule has 9 heteroatoms. The number of hydrogen-bond donors (Lipinski definition) is 1. The van der Waals surface area contributed by atoms with Gasteiger partial charge in [-0.15, -0.1) is 5.10 Å². The molecule has 0 bridgehead atoms. The Hall–Kier alpha value is -4.08. The molecule has 0 spiro atoms. The van der Waals surface area contributed by atoms with Crippen LogP contribution in [0.5, 0.6) is 0 Å². The summed E-state index contributed by atoms with van der Waals surface area (Å²) in [5.41, 5.74) is 3.89. The van der Waals surface area contributed by atoms with E-state index in [1.54, 1.807) is 10.9 Å². The Morgan fingerprint density at radius 2 is 1.79 bits per heavy atom. The Morgan fingerprint density at radius 1 is 0.947 bits per heavy atom. The molecular formula is C29H31N7O2. The fourth-order valence-corrected chi connectivity index (χ4v) is 5.29. The molecular weight excluding hydrogens is 478 g/mol. The fraction of sp³-hybridized carbons (Fsp3) is 0.310. The summed E-state index contributed by atoms with van der Waals surface area (Å²) in [6.07, 6.45) is 2.57. The summed E-state index contributed by atoms with van der Waals surface area (Å²) < 4.78 is 7.31. The normalized spacial score (nSPS) is 15.7. The monoisotopic (exact) mass is 509 g/mol. The van der Waals surface area contributed by atoms with Gasteiger partial charge in [-0.05, 0) is 63.7 Å². The Labute approximate surface area is 220 Å². The van der Waals surface area contributed by atoms with Crippen LogP contribution >= 0.6 is 0 Å². The highest BCUT2D eigenvalue weighted by Crippen LogP contribution is 2.28. The lowest BCUT2D eigenvalue weighted by molar-refractivity contribution is 0.0997. The molecule has 1 atom stereocenters. The number of hydrogen-bond acceptors (Lipinski definition) is 7. The van der Waals surface area contributed by atoms with Crippen LogP contribution in [0.1, 0.15) is 41.2 Å². The van der Waals surface area contributed by atoms with E-state index in [0.717, 1.165) is 55.8 Å². The first-order chi connectivity index (χ1) is 18.7. The average molecular weight is 510 g/mol. The molecule has 0 saturated carbocycles. The molecule has 0 amide bonds. The van der Waals surface area contributed by atoms with Crippen LogP contribution in [-0.4, -0.2) is 61.2 Å². The highest BCUT2D eigenvalue weighted by molar-refractivity contribution is 5.80. The summed E-state index contributed by atoms with van der Waals surface area (Å²) in [6, 6.07) is 22.1.